The summed E-state index contributed by atoms with van der Waals surface area (Å²) in [5.41, 5.74) is 7.28. The van der Waals surface area contributed by atoms with Gasteiger partial charge in [-0.1, -0.05) is 17.7 Å². The summed E-state index contributed by atoms with van der Waals surface area (Å²) in [4.78, 5) is 2.33. The molecule has 4 heteroatoms. The van der Waals surface area contributed by atoms with Gasteiger partial charge in [-0.25, -0.2) is 0 Å². The maximum Gasteiger partial charge on any atom is 0.158 e. The van der Waals surface area contributed by atoms with Crippen molar-refractivity contribution >= 4 is 11.5 Å². The van der Waals surface area contributed by atoms with E-state index in [0.717, 1.165) is 30.9 Å². The number of fused-ring (bicyclic) bond motifs is 1. The normalized spacial score (nSPS) is 15.8. The lowest BCUT2D eigenvalue weighted by atomic mass is 9.98. The Hall–Kier alpha value is -1.81. The molecule has 1 unspecified atom stereocenters. The molecule has 1 atom stereocenters. The Kier molecular flexibility index (Phi) is 3.73. The Labute approximate surface area is 132 Å². The van der Waals surface area contributed by atoms with Crippen LogP contribution in [-0.4, -0.2) is 21.4 Å². The average molecular weight is 299 g/mol. The molecule has 0 aliphatic carbocycles. The zero-order valence-electron chi connectivity index (χ0n) is 14.1. The molecule has 0 fully saturated rings. The number of nitrogens with zero attached hydrogens (tertiary/aromatic N) is 3. The minimum atomic E-state index is -0.485. The topological polar surface area (TPSA) is 41.3 Å². The monoisotopic (exact) mass is 299 g/mol. The molecule has 0 bridgehead atoms. The van der Waals surface area contributed by atoms with Gasteiger partial charge in [-0.2, -0.15) is 5.10 Å². The van der Waals surface area contributed by atoms with Crippen molar-refractivity contribution in [3.05, 3.63) is 40.1 Å². The SMILES string of the molecule is Cc1cc(C)c(N2CCCc3c2nn(C)c3C(C)O)c(C)c1. The minimum Gasteiger partial charge on any atom is -0.387 e. The average Bonchev–Trinajstić information content (AvgIpc) is 2.74. The van der Waals surface area contributed by atoms with Gasteiger partial charge in [0.15, 0.2) is 5.82 Å². The van der Waals surface area contributed by atoms with Crippen LogP contribution in [0.5, 0.6) is 0 Å². The lowest BCUT2D eigenvalue weighted by Crippen LogP contribution is -2.26. The van der Waals surface area contributed by atoms with Crippen molar-refractivity contribution in [1.82, 2.24) is 9.78 Å². The first-order chi connectivity index (χ1) is 10.4. The van der Waals surface area contributed by atoms with Crippen molar-refractivity contribution < 1.29 is 5.11 Å². The molecular weight excluding hydrogens is 274 g/mol. The Morgan fingerprint density at radius 3 is 2.41 bits per heavy atom. The van der Waals surface area contributed by atoms with Gasteiger partial charge in [0.2, 0.25) is 0 Å². The van der Waals surface area contributed by atoms with Crippen LogP contribution in [-0.2, 0) is 13.5 Å². The van der Waals surface area contributed by atoms with Crippen LogP contribution in [0.25, 0.3) is 0 Å². The third kappa shape index (κ3) is 2.31. The van der Waals surface area contributed by atoms with E-state index in [9.17, 15) is 5.11 Å². The number of hydrogen-bond donors (Lipinski definition) is 1. The number of aromatic nitrogens is 2. The molecular formula is C18H25N3O. The molecule has 2 heterocycles. The Morgan fingerprint density at radius 2 is 1.82 bits per heavy atom. The van der Waals surface area contributed by atoms with Crippen LogP contribution >= 0.6 is 0 Å². The summed E-state index contributed by atoms with van der Waals surface area (Å²) in [7, 11) is 1.92. The Bertz CT molecular complexity index is 692. The van der Waals surface area contributed by atoms with Gasteiger partial charge in [0.25, 0.3) is 0 Å². The quantitative estimate of drug-likeness (QED) is 0.923. The van der Waals surface area contributed by atoms with Crippen LogP contribution in [0.4, 0.5) is 11.5 Å². The maximum absolute atomic E-state index is 10.1. The first kappa shape index (κ1) is 15.1. The molecule has 22 heavy (non-hydrogen) atoms. The van der Waals surface area contributed by atoms with Gasteiger partial charge >= 0.3 is 0 Å². The van der Waals surface area contributed by atoms with Gasteiger partial charge in [-0.3, -0.25) is 4.68 Å². The van der Waals surface area contributed by atoms with E-state index in [2.05, 4.69) is 37.8 Å². The fourth-order valence-corrected chi connectivity index (χ4v) is 3.88. The largest absolute Gasteiger partial charge is 0.387 e. The molecule has 0 saturated carbocycles. The van der Waals surface area contributed by atoms with Crippen LogP contribution in [0, 0.1) is 20.8 Å². The molecule has 1 aromatic carbocycles. The van der Waals surface area contributed by atoms with E-state index in [1.54, 1.807) is 0 Å². The highest BCUT2D eigenvalue weighted by Gasteiger charge is 2.28. The van der Waals surface area contributed by atoms with Crippen molar-refractivity contribution in [1.29, 1.82) is 0 Å². The molecule has 0 saturated heterocycles. The van der Waals surface area contributed by atoms with Crippen LogP contribution in [0.15, 0.2) is 12.1 Å². The highest BCUT2D eigenvalue weighted by molar-refractivity contribution is 5.71. The van der Waals surface area contributed by atoms with E-state index >= 15 is 0 Å². The van der Waals surface area contributed by atoms with Gasteiger partial charge in [0.1, 0.15) is 0 Å². The molecule has 1 N–H and O–H groups in total. The number of aryl methyl sites for hydroxylation is 4. The molecule has 1 aromatic heterocycles. The summed E-state index contributed by atoms with van der Waals surface area (Å²) >= 11 is 0. The predicted molar refractivity (Wildman–Crippen MR) is 89.8 cm³/mol. The van der Waals surface area contributed by atoms with Gasteiger partial charge < -0.3 is 10.0 Å². The first-order valence-electron chi connectivity index (χ1n) is 7.99. The minimum absolute atomic E-state index is 0.485. The summed E-state index contributed by atoms with van der Waals surface area (Å²) in [6.45, 7) is 9.27. The van der Waals surface area contributed by atoms with E-state index in [4.69, 9.17) is 5.10 Å². The predicted octanol–water partition coefficient (Wildman–Crippen LogP) is 3.48. The fraction of sp³-hybridized carbons (Fsp3) is 0.500. The third-order valence-corrected chi connectivity index (χ3v) is 4.54. The van der Waals surface area contributed by atoms with Gasteiger partial charge in [-0.15, -0.1) is 0 Å². The second kappa shape index (κ2) is 5.43. The zero-order chi connectivity index (χ0) is 16.0. The highest BCUT2D eigenvalue weighted by Crippen LogP contribution is 2.39. The van der Waals surface area contributed by atoms with Crippen molar-refractivity contribution in [3.63, 3.8) is 0 Å². The summed E-state index contributed by atoms with van der Waals surface area (Å²) in [5.74, 6) is 1.01. The summed E-state index contributed by atoms with van der Waals surface area (Å²) in [6, 6.07) is 4.46. The molecule has 3 rings (SSSR count). The molecule has 0 amide bonds. The van der Waals surface area contributed by atoms with Crippen LogP contribution in [0.3, 0.4) is 0 Å². The lowest BCUT2D eigenvalue weighted by Gasteiger charge is -2.31. The van der Waals surface area contributed by atoms with Crippen molar-refractivity contribution in [2.75, 3.05) is 11.4 Å². The van der Waals surface area contributed by atoms with E-state index in [-0.39, 0.29) is 0 Å². The van der Waals surface area contributed by atoms with E-state index < -0.39 is 6.10 Å². The number of benzene rings is 1. The number of rotatable bonds is 2. The molecule has 118 valence electrons. The zero-order valence-corrected chi connectivity index (χ0v) is 14.1. The van der Waals surface area contributed by atoms with Crippen LogP contribution < -0.4 is 4.90 Å². The second-order valence-electron chi connectivity index (χ2n) is 6.49. The van der Waals surface area contributed by atoms with Crippen molar-refractivity contribution in [2.24, 2.45) is 7.05 Å². The number of aliphatic hydroxyl groups excluding tert-OH is 1. The van der Waals surface area contributed by atoms with E-state index in [1.807, 2.05) is 18.7 Å². The van der Waals surface area contributed by atoms with Crippen molar-refractivity contribution in [3.8, 4) is 0 Å². The number of hydrogen-bond acceptors (Lipinski definition) is 3. The van der Waals surface area contributed by atoms with E-state index in [0.29, 0.717) is 0 Å². The second-order valence-corrected chi connectivity index (χ2v) is 6.49. The van der Waals surface area contributed by atoms with Crippen LogP contribution in [0.2, 0.25) is 0 Å². The summed E-state index contributed by atoms with van der Waals surface area (Å²) in [5, 5.41) is 14.8. The Morgan fingerprint density at radius 1 is 1.18 bits per heavy atom. The van der Waals surface area contributed by atoms with Crippen LogP contribution in [0.1, 0.15) is 47.4 Å². The first-order valence-corrected chi connectivity index (χ1v) is 7.99. The molecule has 2 aromatic rings. The fourth-order valence-electron chi connectivity index (χ4n) is 3.88. The molecule has 1 aliphatic heterocycles. The standard InChI is InChI=1S/C18H25N3O/c1-11-9-12(2)16(13(3)10-11)21-8-6-7-15-17(14(4)22)20(5)19-18(15)21/h9-10,14,22H,6-8H2,1-5H3. The van der Waals surface area contributed by atoms with Crippen molar-refractivity contribution in [2.45, 2.75) is 46.6 Å². The number of aliphatic hydroxyl groups is 1. The van der Waals surface area contributed by atoms with Gasteiger partial charge in [0, 0.05) is 24.8 Å². The number of anilines is 2. The van der Waals surface area contributed by atoms with Gasteiger partial charge in [0.05, 0.1) is 11.8 Å². The molecule has 0 radical (unpaired) electrons. The molecule has 4 nitrogen and oxygen atoms in total. The highest BCUT2D eigenvalue weighted by atomic mass is 16.3. The Balaban J connectivity index is 2.16. The third-order valence-electron chi connectivity index (χ3n) is 4.54. The van der Waals surface area contributed by atoms with E-state index in [1.165, 1.54) is 27.9 Å². The summed E-state index contributed by atoms with van der Waals surface area (Å²) in [6.07, 6.45) is 1.59. The summed E-state index contributed by atoms with van der Waals surface area (Å²) < 4.78 is 1.84. The lowest BCUT2D eigenvalue weighted by molar-refractivity contribution is 0.188. The molecule has 0 spiro atoms. The van der Waals surface area contributed by atoms with Gasteiger partial charge in [-0.05, 0) is 51.7 Å². The maximum atomic E-state index is 10.1. The smallest absolute Gasteiger partial charge is 0.158 e. The molecule has 1 aliphatic rings.